The van der Waals surface area contributed by atoms with Crippen LogP contribution in [0, 0.1) is 11.8 Å². The molecule has 16 heavy (non-hydrogen) atoms. The maximum Gasteiger partial charge on any atom is -0.0443 e. The second-order valence-corrected chi connectivity index (χ2v) is 6.19. The summed E-state index contributed by atoms with van der Waals surface area (Å²) >= 11 is 0. The van der Waals surface area contributed by atoms with Crippen molar-refractivity contribution in [1.29, 1.82) is 0 Å². The molecule has 1 aliphatic carbocycles. The third-order valence-corrected chi connectivity index (χ3v) is 4.29. The molecule has 0 nitrogen and oxygen atoms in total. The standard InChI is InChI=1S/C16H32/c1-15-11-7-3-5-9-13-16(2)14-10-6-4-8-12-15/h15-16H,3-14H2,1-2H3. The summed E-state index contributed by atoms with van der Waals surface area (Å²) in [6.07, 6.45) is 17.8. The van der Waals surface area contributed by atoms with Crippen molar-refractivity contribution < 1.29 is 0 Å². The number of rotatable bonds is 0. The zero-order chi connectivity index (χ0) is 11.6. The summed E-state index contributed by atoms with van der Waals surface area (Å²) < 4.78 is 0. The van der Waals surface area contributed by atoms with Gasteiger partial charge in [-0.25, -0.2) is 0 Å². The summed E-state index contributed by atoms with van der Waals surface area (Å²) in [5, 5.41) is 0. The summed E-state index contributed by atoms with van der Waals surface area (Å²) in [4.78, 5) is 0. The zero-order valence-corrected chi connectivity index (χ0v) is 11.6. The molecule has 0 heteroatoms. The molecule has 0 amide bonds. The Labute approximate surface area is 103 Å². The summed E-state index contributed by atoms with van der Waals surface area (Å²) in [6, 6.07) is 0. The van der Waals surface area contributed by atoms with Crippen LogP contribution in [0.4, 0.5) is 0 Å². The van der Waals surface area contributed by atoms with Gasteiger partial charge in [-0.2, -0.15) is 0 Å². The third-order valence-electron chi connectivity index (χ3n) is 4.29. The molecule has 96 valence electrons. The lowest BCUT2D eigenvalue weighted by molar-refractivity contribution is 0.396. The van der Waals surface area contributed by atoms with Crippen LogP contribution in [-0.2, 0) is 0 Å². The van der Waals surface area contributed by atoms with E-state index in [0.717, 1.165) is 11.8 Å². The van der Waals surface area contributed by atoms with E-state index < -0.39 is 0 Å². The molecule has 0 radical (unpaired) electrons. The maximum atomic E-state index is 2.45. The van der Waals surface area contributed by atoms with E-state index in [2.05, 4.69) is 13.8 Å². The minimum Gasteiger partial charge on any atom is -0.0625 e. The highest BCUT2D eigenvalue weighted by Gasteiger charge is 2.05. The molecule has 1 rings (SSSR count). The van der Waals surface area contributed by atoms with Crippen LogP contribution >= 0.6 is 0 Å². The first-order valence-corrected chi connectivity index (χ1v) is 7.79. The molecule has 0 aromatic rings. The Morgan fingerprint density at radius 3 is 0.938 bits per heavy atom. The van der Waals surface area contributed by atoms with Gasteiger partial charge in [-0.3, -0.25) is 0 Å². The van der Waals surface area contributed by atoms with Gasteiger partial charge in [0, 0.05) is 0 Å². The Kier molecular flexibility index (Phi) is 7.98. The van der Waals surface area contributed by atoms with E-state index in [1.54, 1.807) is 0 Å². The second kappa shape index (κ2) is 9.07. The molecule has 0 bridgehead atoms. The molecule has 0 aliphatic heterocycles. The maximum absolute atomic E-state index is 2.45. The van der Waals surface area contributed by atoms with Crippen LogP contribution in [0.1, 0.15) is 90.9 Å². The van der Waals surface area contributed by atoms with Crippen LogP contribution in [0.15, 0.2) is 0 Å². The molecule has 0 spiro atoms. The molecule has 0 atom stereocenters. The Hall–Kier alpha value is 0. The van der Waals surface area contributed by atoms with E-state index in [4.69, 9.17) is 0 Å². The lowest BCUT2D eigenvalue weighted by atomic mass is 9.92. The average molecular weight is 224 g/mol. The van der Waals surface area contributed by atoms with E-state index in [-0.39, 0.29) is 0 Å². The molecule has 1 fully saturated rings. The fourth-order valence-corrected chi connectivity index (χ4v) is 2.97. The van der Waals surface area contributed by atoms with Crippen molar-refractivity contribution in [1.82, 2.24) is 0 Å². The van der Waals surface area contributed by atoms with E-state index in [1.807, 2.05) is 0 Å². The minimum atomic E-state index is 0.988. The molecule has 0 N–H and O–H groups in total. The molecule has 0 aromatic carbocycles. The van der Waals surface area contributed by atoms with E-state index in [9.17, 15) is 0 Å². The van der Waals surface area contributed by atoms with Crippen molar-refractivity contribution in [3.8, 4) is 0 Å². The Morgan fingerprint density at radius 2 is 0.688 bits per heavy atom. The zero-order valence-electron chi connectivity index (χ0n) is 11.6. The van der Waals surface area contributed by atoms with Crippen molar-refractivity contribution in [3.63, 3.8) is 0 Å². The molecule has 0 aromatic heterocycles. The average Bonchev–Trinajstić information content (AvgIpc) is 2.27. The predicted octanol–water partition coefficient (Wildman–Crippen LogP) is 5.95. The van der Waals surface area contributed by atoms with Crippen molar-refractivity contribution in [2.24, 2.45) is 11.8 Å². The van der Waals surface area contributed by atoms with Gasteiger partial charge in [0.2, 0.25) is 0 Å². The van der Waals surface area contributed by atoms with Gasteiger partial charge < -0.3 is 0 Å². The van der Waals surface area contributed by atoms with Crippen LogP contribution in [0.2, 0.25) is 0 Å². The fourth-order valence-electron chi connectivity index (χ4n) is 2.97. The Balaban J connectivity index is 2.18. The molecule has 0 saturated heterocycles. The second-order valence-electron chi connectivity index (χ2n) is 6.19. The van der Waals surface area contributed by atoms with Crippen molar-refractivity contribution in [2.45, 2.75) is 90.9 Å². The summed E-state index contributed by atoms with van der Waals surface area (Å²) in [5.74, 6) is 1.98. The Morgan fingerprint density at radius 1 is 0.438 bits per heavy atom. The quantitative estimate of drug-likeness (QED) is 0.476. The van der Waals surface area contributed by atoms with Crippen LogP contribution in [-0.4, -0.2) is 0 Å². The predicted molar refractivity (Wildman–Crippen MR) is 73.7 cm³/mol. The molecular weight excluding hydrogens is 192 g/mol. The topological polar surface area (TPSA) is 0 Å². The highest BCUT2D eigenvalue weighted by molar-refractivity contribution is 4.59. The smallest absolute Gasteiger partial charge is 0.0443 e. The van der Waals surface area contributed by atoms with Gasteiger partial charge in [0.15, 0.2) is 0 Å². The van der Waals surface area contributed by atoms with Crippen LogP contribution in [0.3, 0.4) is 0 Å². The van der Waals surface area contributed by atoms with Gasteiger partial charge in [0.1, 0.15) is 0 Å². The van der Waals surface area contributed by atoms with Gasteiger partial charge in [0.05, 0.1) is 0 Å². The molecular formula is C16H32. The summed E-state index contributed by atoms with van der Waals surface area (Å²) in [5.41, 5.74) is 0. The Bertz CT molecular complexity index is 116. The van der Waals surface area contributed by atoms with Crippen molar-refractivity contribution >= 4 is 0 Å². The monoisotopic (exact) mass is 224 g/mol. The van der Waals surface area contributed by atoms with Gasteiger partial charge in [-0.05, 0) is 11.8 Å². The lowest BCUT2D eigenvalue weighted by Crippen LogP contribution is -1.98. The van der Waals surface area contributed by atoms with Gasteiger partial charge in [0.25, 0.3) is 0 Å². The molecule has 0 heterocycles. The van der Waals surface area contributed by atoms with Gasteiger partial charge in [-0.1, -0.05) is 90.9 Å². The number of hydrogen-bond acceptors (Lipinski definition) is 0. The minimum absolute atomic E-state index is 0.988. The fraction of sp³-hybridized carbons (Fsp3) is 1.00. The van der Waals surface area contributed by atoms with Gasteiger partial charge in [-0.15, -0.1) is 0 Å². The molecule has 1 aliphatic rings. The van der Waals surface area contributed by atoms with Crippen molar-refractivity contribution in [2.75, 3.05) is 0 Å². The van der Waals surface area contributed by atoms with Crippen LogP contribution < -0.4 is 0 Å². The first kappa shape index (κ1) is 14.1. The summed E-state index contributed by atoms with van der Waals surface area (Å²) in [7, 11) is 0. The first-order chi connectivity index (χ1) is 7.79. The van der Waals surface area contributed by atoms with E-state index in [0.29, 0.717) is 0 Å². The molecule has 1 saturated carbocycles. The first-order valence-electron chi connectivity index (χ1n) is 7.79. The summed E-state index contributed by atoms with van der Waals surface area (Å²) in [6.45, 7) is 4.90. The van der Waals surface area contributed by atoms with Crippen LogP contribution in [0.25, 0.3) is 0 Å². The third kappa shape index (κ3) is 7.30. The SMILES string of the molecule is CC1CCCCCCC(C)CCCCCC1. The van der Waals surface area contributed by atoms with E-state index in [1.165, 1.54) is 77.0 Å². The molecule has 0 unspecified atom stereocenters. The largest absolute Gasteiger partial charge is 0.0625 e. The highest BCUT2D eigenvalue weighted by Crippen LogP contribution is 2.22. The normalized spacial score (nSPS) is 31.9. The van der Waals surface area contributed by atoms with E-state index >= 15 is 0 Å². The van der Waals surface area contributed by atoms with Gasteiger partial charge >= 0.3 is 0 Å². The highest BCUT2D eigenvalue weighted by atomic mass is 14.1. The van der Waals surface area contributed by atoms with Crippen LogP contribution in [0.5, 0.6) is 0 Å². The lowest BCUT2D eigenvalue weighted by Gasteiger charge is -2.14. The number of hydrogen-bond donors (Lipinski definition) is 0. The van der Waals surface area contributed by atoms with Crippen molar-refractivity contribution in [3.05, 3.63) is 0 Å².